The number of sulfonamides is 1. The predicted molar refractivity (Wildman–Crippen MR) is 88.5 cm³/mol. The van der Waals surface area contributed by atoms with Crippen molar-refractivity contribution < 1.29 is 13.2 Å². The number of benzene rings is 1. The third-order valence-electron chi connectivity index (χ3n) is 4.47. The van der Waals surface area contributed by atoms with Crippen LogP contribution in [0.3, 0.4) is 0 Å². The van der Waals surface area contributed by atoms with Crippen LogP contribution in [0.25, 0.3) is 0 Å². The molecule has 0 saturated carbocycles. The maximum absolute atomic E-state index is 12.9. The predicted octanol–water partition coefficient (Wildman–Crippen LogP) is 0.395. The minimum Gasteiger partial charge on any atom is -0.496 e. The number of hydrogen-bond donors (Lipinski definition) is 2. The number of aromatic nitrogens is 3. The molecule has 3 rings (SSSR count). The molecule has 2 N–H and O–H groups in total. The summed E-state index contributed by atoms with van der Waals surface area (Å²) < 4.78 is 35.4. The van der Waals surface area contributed by atoms with Crippen LogP contribution in [-0.4, -0.2) is 49.7 Å². The van der Waals surface area contributed by atoms with E-state index in [4.69, 9.17) is 4.74 Å². The molecule has 0 spiro atoms. The van der Waals surface area contributed by atoms with E-state index in [9.17, 15) is 8.42 Å². The fraction of sp³-hybridized carbons (Fsp3) is 0.467. The van der Waals surface area contributed by atoms with Gasteiger partial charge < -0.3 is 10.1 Å². The maximum Gasteiger partial charge on any atom is 0.241 e. The molecular weight excluding hydrogens is 330 g/mol. The van der Waals surface area contributed by atoms with Crippen molar-refractivity contribution in [2.24, 2.45) is 0 Å². The van der Waals surface area contributed by atoms with Gasteiger partial charge >= 0.3 is 0 Å². The second-order valence-electron chi connectivity index (χ2n) is 5.85. The van der Waals surface area contributed by atoms with Crippen molar-refractivity contribution >= 4 is 10.0 Å². The van der Waals surface area contributed by atoms with Gasteiger partial charge in [0.25, 0.3) is 0 Å². The third-order valence-corrected chi connectivity index (χ3v) is 6.10. The molecule has 1 aliphatic heterocycles. The average Bonchev–Trinajstić information content (AvgIpc) is 3.20. The van der Waals surface area contributed by atoms with Crippen molar-refractivity contribution in [2.75, 3.05) is 20.2 Å². The lowest BCUT2D eigenvalue weighted by atomic mass is 10.1. The first-order chi connectivity index (χ1) is 11.4. The Bertz CT molecular complexity index is 820. The van der Waals surface area contributed by atoms with Crippen LogP contribution in [-0.2, 0) is 10.0 Å². The lowest BCUT2D eigenvalue weighted by Gasteiger charge is -2.21. The molecule has 2 heterocycles. The highest BCUT2D eigenvalue weighted by Gasteiger charge is 2.33. The van der Waals surface area contributed by atoms with Gasteiger partial charge in [-0.1, -0.05) is 5.21 Å². The van der Waals surface area contributed by atoms with Crippen molar-refractivity contribution in [3.63, 3.8) is 0 Å². The number of nitrogens with one attached hydrogen (secondary N) is 2. The molecule has 1 aromatic heterocycles. The topological polar surface area (TPSA) is 98.1 Å². The maximum atomic E-state index is 12.9. The zero-order valence-corrected chi connectivity index (χ0v) is 14.7. The van der Waals surface area contributed by atoms with E-state index in [1.807, 2.05) is 6.92 Å². The standard InChI is InChI=1S/C15H21N5O3S/c1-10-11(2)15(5-4-14(10)23-3)24(21,22)18-12-8-16-9-13(12)20-7-6-17-19-20/h4-7,12-13,16,18H,8-9H2,1-3H3/t12-,13+/m1/s1. The molecule has 1 saturated heterocycles. The first kappa shape index (κ1) is 16.9. The Labute approximate surface area is 141 Å². The van der Waals surface area contributed by atoms with Crippen LogP contribution in [0.15, 0.2) is 29.4 Å². The number of ether oxygens (including phenoxy) is 1. The van der Waals surface area contributed by atoms with Gasteiger partial charge in [0.05, 0.1) is 30.3 Å². The largest absolute Gasteiger partial charge is 0.496 e. The highest BCUT2D eigenvalue weighted by molar-refractivity contribution is 7.89. The molecule has 1 fully saturated rings. The highest BCUT2D eigenvalue weighted by Crippen LogP contribution is 2.27. The Morgan fingerprint density at radius 1 is 1.29 bits per heavy atom. The van der Waals surface area contributed by atoms with Crippen LogP contribution in [0.2, 0.25) is 0 Å². The van der Waals surface area contributed by atoms with Gasteiger partial charge in [0, 0.05) is 19.3 Å². The van der Waals surface area contributed by atoms with Crippen molar-refractivity contribution in [2.45, 2.75) is 30.8 Å². The molecule has 0 unspecified atom stereocenters. The van der Waals surface area contributed by atoms with E-state index in [1.54, 1.807) is 43.2 Å². The zero-order valence-electron chi connectivity index (χ0n) is 13.9. The normalized spacial score (nSPS) is 21.1. The molecule has 24 heavy (non-hydrogen) atoms. The quantitative estimate of drug-likeness (QED) is 0.809. The average molecular weight is 351 g/mol. The Hall–Kier alpha value is -1.97. The summed E-state index contributed by atoms with van der Waals surface area (Å²) in [5, 5.41) is 11.0. The molecule has 2 atom stereocenters. The van der Waals surface area contributed by atoms with Gasteiger partial charge in [0.15, 0.2) is 0 Å². The summed E-state index contributed by atoms with van der Waals surface area (Å²) in [4.78, 5) is 0.269. The molecule has 130 valence electrons. The third kappa shape index (κ3) is 3.02. The molecule has 8 nitrogen and oxygen atoms in total. The van der Waals surface area contributed by atoms with Crippen LogP contribution in [0.4, 0.5) is 0 Å². The molecule has 1 aliphatic rings. The Morgan fingerprint density at radius 2 is 2.08 bits per heavy atom. The summed E-state index contributed by atoms with van der Waals surface area (Å²) in [6.45, 7) is 4.81. The van der Waals surface area contributed by atoms with Gasteiger partial charge in [-0.25, -0.2) is 17.8 Å². The van der Waals surface area contributed by atoms with Gasteiger partial charge in [-0.15, -0.1) is 5.10 Å². The summed E-state index contributed by atoms with van der Waals surface area (Å²) >= 11 is 0. The molecule has 2 aromatic rings. The van der Waals surface area contributed by atoms with Gasteiger partial charge in [-0.05, 0) is 37.1 Å². The van der Waals surface area contributed by atoms with Crippen molar-refractivity contribution in [1.29, 1.82) is 0 Å². The lowest BCUT2D eigenvalue weighted by Crippen LogP contribution is -2.41. The van der Waals surface area contributed by atoms with Gasteiger partial charge in [0.2, 0.25) is 10.0 Å². The Morgan fingerprint density at radius 3 is 2.75 bits per heavy atom. The number of rotatable bonds is 5. The van der Waals surface area contributed by atoms with Crippen molar-refractivity contribution in [3.05, 3.63) is 35.7 Å². The van der Waals surface area contributed by atoms with Crippen LogP contribution in [0.5, 0.6) is 5.75 Å². The first-order valence-corrected chi connectivity index (χ1v) is 9.15. The van der Waals surface area contributed by atoms with E-state index >= 15 is 0 Å². The van der Waals surface area contributed by atoms with Crippen LogP contribution in [0.1, 0.15) is 17.2 Å². The molecule has 1 aromatic carbocycles. The molecule has 0 radical (unpaired) electrons. The van der Waals surface area contributed by atoms with Crippen LogP contribution in [0, 0.1) is 13.8 Å². The summed E-state index contributed by atoms with van der Waals surface area (Å²) in [5.41, 5.74) is 1.50. The Kier molecular flexibility index (Phi) is 4.57. The number of nitrogens with zero attached hydrogens (tertiary/aromatic N) is 3. The van der Waals surface area contributed by atoms with Gasteiger partial charge in [-0.3, -0.25) is 0 Å². The minimum absolute atomic E-state index is 0.109. The summed E-state index contributed by atoms with van der Waals surface area (Å²) in [6.07, 6.45) is 3.32. The first-order valence-electron chi connectivity index (χ1n) is 7.67. The summed E-state index contributed by atoms with van der Waals surface area (Å²) in [7, 11) is -2.08. The zero-order chi connectivity index (χ0) is 17.3. The monoisotopic (exact) mass is 351 g/mol. The fourth-order valence-corrected chi connectivity index (χ4v) is 4.57. The van der Waals surface area contributed by atoms with Crippen molar-refractivity contribution in [1.82, 2.24) is 25.0 Å². The van der Waals surface area contributed by atoms with E-state index in [1.165, 1.54) is 0 Å². The van der Waals surface area contributed by atoms with Crippen LogP contribution < -0.4 is 14.8 Å². The summed E-state index contributed by atoms with van der Waals surface area (Å²) in [6, 6.07) is 2.86. The van der Waals surface area contributed by atoms with Crippen molar-refractivity contribution in [3.8, 4) is 5.75 Å². The molecular formula is C15H21N5O3S. The lowest BCUT2D eigenvalue weighted by molar-refractivity contribution is 0.410. The molecule has 9 heteroatoms. The van der Waals surface area contributed by atoms with E-state index in [0.717, 1.165) is 5.56 Å². The molecule has 0 amide bonds. The number of hydrogen-bond acceptors (Lipinski definition) is 6. The molecule has 0 bridgehead atoms. The second-order valence-corrected chi connectivity index (χ2v) is 7.53. The van der Waals surface area contributed by atoms with E-state index in [0.29, 0.717) is 24.4 Å². The number of methoxy groups -OCH3 is 1. The smallest absolute Gasteiger partial charge is 0.241 e. The SMILES string of the molecule is COc1ccc(S(=O)(=O)N[C@@H]2CNC[C@@H]2n2ccnn2)c(C)c1C. The summed E-state index contributed by atoms with van der Waals surface area (Å²) in [5.74, 6) is 0.675. The van der Waals surface area contributed by atoms with Gasteiger partial charge in [0.1, 0.15) is 5.75 Å². The van der Waals surface area contributed by atoms with E-state index in [2.05, 4.69) is 20.4 Å². The molecule has 0 aliphatic carbocycles. The fourth-order valence-electron chi connectivity index (χ4n) is 3.00. The highest BCUT2D eigenvalue weighted by atomic mass is 32.2. The Balaban J connectivity index is 1.88. The van der Waals surface area contributed by atoms with Gasteiger partial charge in [-0.2, -0.15) is 0 Å². The second kappa shape index (κ2) is 6.50. The van der Waals surface area contributed by atoms with E-state index < -0.39 is 10.0 Å². The van der Waals surface area contributed by atoms with E-state index in [-0.39, 0.29) is 17.0 Å². The minimum atomic E-state index is -3.65. The van der Waals surface area contributed by atoms with Crippen LogP contribution >= 0.6 is 0 Å².